The molecule has 0 N–H and O–H groups in total. The van der Waals surface area contributed by atoms with Crippen LogP contribution >= 0.6 is 0 Å². The van der Waals surface area contributed by atoms with Crippen LogP contribution in [0.3, 0.4) is 0 Å². The number of likely N-dealkylation sites (tertiary alicyclic amines) is 1. The second-order valence-electron chi connectivity index (χ2n) is 6.45. The van der Waals surface area contributed by atoms with Crippen molar-refractivity contribution in [2.24, 2.45) is 5.41 Å². The summed E-state index contributed by atoms with van der Waals surface area (Å²) >= 11 is 0. The minimum absolute atomic E-state index is 0.0603. The van der Waals surface area contributed by atoms with Gasteiger partial charge in [-0.05, 0) is 44.0 Å². The van der Waals surface area contributed by atoms with Crippen molar-refractivity contribution in [2.75, 3.05) is 33.2 Å². The molecule has 2 saturated heterocycles. The Morgan fingerprint density at radius 2 is 1.73 bits per heavy atom. The largest absolute Gasteiger partial charge is 0.306 e. The van der Waals surface area contributed by atoms with E-state index in [0.717, 1.165) is 25.9 Å². The van der Waals surface area contributed by atoms with Gasteiger partial charge in [-0.15, -0.1) is 0 Å². The zero-order valence-corrected chi connectivity index (χ0v) is 13.3. The molecule has 2 heterocycles. The first-order chi connectivity index (χ1) is 10.3. The Labute approximate surface area is 129 Å². The van der Waals surface area contributed by atoms with Gasteiger partial charge in [0, 0.05) is 25.2 Å². The van der Waals surface area contributed by atoms with E-state index in [1.54, 1.807) is 0 Å². The number of rotatable bonds is 3. The molecule has 122 valence electrons. The summed E-state index contributed by atoms with van der Waals surface area (Å²) in [7, 11) is -1.54. The molecule has 0 bridgehead atoms. The lowest BCUT2D eigenvalue weighted by atomic mass is 9.87. The average Bonchev–Trinajstić information content (AvgIpc) is 3.06. The molecule has 2 aliphatic rings. The number of hydrogen-bond acceptors (Lipinski definition) is 3. The van der Waals surface area contributed by atoms with Crippen LogP contribution in [0.1, 0.15) is 24.8 Å². The molecule has 2 aliphatic heterocycles. The summed E-state index contributed by atoms with van der Waals surface area (Å²) < 4.78 is 52.0. The predicted octanol–water partition coefficient (Wildman–Crippen LogP) is 2.34. The molecule has 3 rings (SSSR count). The van der Waals surface area contributed by atoms with E-state index in [9.17, 15) is 17.2 Å². The standard InChI is InChI=1S/C15H20F2N2O2S/c1-18-8-6-15(10-18)7-9-19(11-15)22(20,21)13-4-2-12(3-5-13)14(16)17/h2-5,14H,6-11H2,1H3. The highest BCUT2D eigenvalue weighted by molar-refractivity contribution is 7.89. The van der Waals surface area contributed by atoms with E-state index in [1.807, 2.05) is 0 Å². The molecule has 1 aromatic rings. The molecular formula is C15H20F2N2O2S. The van der Waals surface area contributed by atoms with Crippen molar-refractivity contribution in [1.29, 1.82) is 0 Å². The van der Waals surface area contributed by atoms with E-state index in [2.05, 4.69) is 11.9 Å². The predicted molar refractivity (Wildman–Crippen MR) is 79.3 cm³/mol. The minimum Gasteiger partial charge on any atom is -0.306 e. The minimum atomic E-state index is -3.59. The number of nitrogens with zero attached hydrogens (tertiary/aromatic N) is 2. The van der Waals surface area contributed by atoms with Crippen LogP contribution in [0.5, 0.6) is 0 Å². The van der Waals surface area contributed by atoms with Crippen LogP contribution in [0.2, 0.25) is 0 Å². The molecule has 1 spiro atoms. The van der Waals surface area contributed by atoms with Crippen molar-refractivity contribution in [3.63, 3.8) is 0 Å². The fourth-order valence-corrected chi connectivity index (χ4v) is 5.08. The first-order valence-electron chi connectivity index (χ1n) is 7.39. The molecular weight excluding hydrogens is 310 g/mol. The molecule has 22 heavy (non-hydrogen) atoms. The molecule has 0 aromatic heterocycles. The van der Waals surface area contributed by atoms with Crippen LogP contribution in [0.4, 0.5) is 8.78 Å². The van der Waals surface area contributed by atoms with Gasteiger partial charge in [-0.25, -0.2) is 17.2 Å². The van der Waals surface area contributed by atoms with Gasteiger partial charge in [0.15, 0.2) is 0 Å². The molecule has 1 atom stereocenters. The Morgan fingerprint density at radius 1 is 1.09 bits per heavy atom. The Morgan fingerprint density at radius 3 is 2.27 bits per heavy atom. The molecule has 0 aliphatic carbocycles. The van der Waals surface area contributed by atoms with Crippen molar-refractivity contribution in [3.8, 4) is 0 Å². The molecule has 1 unspecified atom stereocenters. The zero-order chi connectivity index (χ0) is 16.0. The van der Waals surface area contributed by atoms with E-state index < -0.39 is 16.4 Å². The van der Waals surface area contributed by atoms with Gasteiger partial charge in [0.05, 0.1) is 4.90 Å². The van der Waals surface area contributed by atoms with Gasteiger partial charge >= 0.3 is 0 Å². The van der Waals surface area contributed by atoms with E-state index in [0.29, 0.717) is 13.1 Å². The van der Waals surface area contributed by atoms with E-state index >= 15 is 0 Å². The van der Waals surface area contributed by atoms with Crippen molar-refractivity contribution in [1.82, 2.24) is 9.21 Å². The highest BCUT2D eigenvalue weighted by Gasteiger charge is 2.45. The Kier molecular flexibility index (Phi) is 3.99. The molecule has 0 radical (unpaired) electrons. The Bertz CT molecular complexity index is 648. The van der Waals surface area contributed by atoms with E-state index in [1.165, 1.54) is 28.6 Å². The topological polar surface area (TPSA) is 40.6 Å². The fraction of sp³-hybridized carbons (Fsp3) is 0.600. The lowest BCUT2D eigenvalue weighted by Gasteiger charge is -2.23. The third kappa shape index (κ3) is 2.77. The summed E-state index contributed by atoms with van der Waals surface area (Å²) in [5.41, 5.74) is -0.0978. The summed E-state index contributed by atoms with van der Waals surface area (Å²) in [6.45, 7) is 2.95. The maximum Gasteiger partial charge on any atom is 0.263 e. The first-order valence-corrected chi connectivity index (χ1v) is 8.83. The lowest BCUT2D eigenvalue weighted by molar-refractivity contribution is 0.151. The second-order valence-corrected chi connectivity index (χ2v) is 8.38. The zero-order valence-electron chi connectivity index (χ0n) is 12.5. The molecule has 0 amide bonds. The van der Waals surface area contributed by atoms with Crippen molar-refractivity contribution < 1.29 is 17.2 Å². The van der Waals surface area contributed by atoms with Gasteiger partial charge in [-0.2, -0.15) is 4.31 Å². The van der Waals surface area contributed by atoms with Gasteiger partial charge in [-0.3, -0.25) is 0 Å². The van der Waals surface area contributed by atoms with Crippen LogP contribution in [-0.4, -0.2) is 50.8 Å². The van der Waals surface area contributed by atoms with Crippen molar-refractivity contribution in [3.05, 3.63) is 29.8 Å². The third-order valence-electron chi connectivity index (χ3n) is 4.80. The molecule has 7 heteroatoms. The van der Waals surface area contributed by atoms with Crippen molar-refractivity contribution >= 4 is 10.0 Å². The maximum absolute atomic E-state index is 12.7. The van der Waals surface area contributed by atoms with Crippen molar-refractivity contribution in [2.45, 2.75) is 24.2 Å². The first kappa shape index (κ1) is 15.8. The lowest BCUT2D eigenvalue weighted by Crippen LogP contribution is -2.33. The van der Waals surface area contributed by atoms with Crippen LogP contribution < -0.4 is 0 Å². The quantitative estimate of drug-likeness (QED) is 0.854. The Balaban J connectivity index is 1.79. The highest BCUT2D eigenvalue weighted by atomic mass is 32.2. The monoisotopic (exact) mass is 330 g/mol. The highest BCUT2D eigenvalue weighted by Crippen LogP contribution is 2.40. The van der Waals surface area contributed by atoms with Gasteiger partial charge < -0.3 is 4.90 Å². The molecule has 4 nitrogen and oxygen atoms in total. The number of hydrogen-bond donors (Lipinski definition) is 0. The molecule has 0 saturated carbocycles. The van der Waals surface area contributed by atoms with Gasteiger partial charge in [0.2, 0.25) is 10.0 Å². The van der Waals surface area contributed by atoms with Gasteiger partial charge in [-0.1, -0.05) is 12.1 Å². The van der Waals surface area contributed by atoms with Gasteiger partial charge in [0.25, 0.3) is 6.43 Å². The summed E-state index contributed by atoms with van der Waals surface area (Å²) in [6, 6.07) is 4.94. The normalized spacial score (nSPS) is 27.3. The molecule has 1 aromatic carbocycles. The van der Waals surface area contributed by atoms with E-state index in [-0.39, 0.29) is 15.9 Å². The van der Waals surface area contributed by atoms with Gasteiger partial charge in [0.1, 0.15) is 0 Å². The number of halogens is 2. The number of benzene rings is 1. The van der Waals surface area contributed by atoms with E-state index in [4.69, 9.17) is 0 Å². The maximum atomic E-state index is 12.7. The number of alkyl halides is 2. The smallest absolute Gasteiger partial charge is 0.263 e. The van der Waals surface area contributed by atoms with Crippen LogP contribution in [0, 0.1) is 5.41 Å². The van der Waals surface area contributed by atoms with Crippen LogP contribution in [0.15, 0.2) is 29.2 Å². The third-order valence-corrected chi connectivity index (χ3v) is 6.66. The molecule has 2 fully saturated rings. The fourth-order valence-electron chi connectivity index (χ4n) is 3.53. The average molecular weight is 330 g/mol. The van der Waals surface area contributed by atoms with Crippen LogP contribution in [0.25, 0.3) is 0 Å². The number of sulfonamides is 1. The summed E-state index contributed by atoms with van der Waals surface area (Å²) in [4.78, 5) is 2.33. The second kappa shape index (κ2) is 5.54. The summed E-state index contributed by atoms with van der Waals surface area (Å²) in [5.74, 6) is 0. The Hall–Kier alpha value is -1.05. The summed E-state index contributed by atoms with van der Waals surface area (Å²) in [6.07, 6.45) is -0.702. The SMILES string of the molecule is CN1CCC2(CCN(S(=O)(=O)c3ccc(C(F)F)cc3)C2)C1. The van der Waals surface area contributed by atoms with Crippen LogP contribution in [-0.2, 0) is 10.0 Å². The summed E-state index contributed by atoms with van der Waals surface area (Å²) in [5, 5.41) is 0.